The molecule has 98 valence electrons. The number of nitrogens with zero attached hydrogens (tertiary/aromatic N) is 1. The lowest BCUT2D eigenvalue weighted by Crippen LogP contribution is -2.19. The van der Waals surface area contributed by atoms with Gasteiger partial charge in [0.15, 0.2) is 0 Å². The van der Waals surface area contributed by atoms with Crippen LogP contribution in [-0.4, -0.2) is 21.8 Å². The van der Waals surface area contributed by atoms with E-state index in [1.165, 1.54) is 18.4 Å². The third-order valence-corrected chi connectivity index (χ3v) is 2.37. The number of nitrogens with one attached hydrogen (secondary N) is 1. The molecule has 0 radical (unpaired) electrons. The Bertz CT molecular complexity index is 597. The second-order valence-corrected chi connectivity index (χ2v) is 3.85. The van der Waals surface area contributed by atoms with Gasteiger partial charge in [-0.05, 0) is 31.2 Å². The maximum absolute atomic E-state index is 11.8. The van der Waals surface area contributed by atoms with Crippen LogP contribution in [0, 0.1) is 0 Å². The van der Waals surface area contributed by atoms with Crippen molar-refractivity contribution >= 4 is 11.6 Å². The van der Waals surface area contributed by atoms with Crippen molar-refractivity contribution in [1.29, 1.82) is 0 Å². The Morgan fingerprint density at radius 3 is 2.53 bits per heavy atom. The third kappa shape index (κ3) is 3.12. The SMILES string of the molecule is CC(=NNC(=O)c1cc(O)cc(O)c1)c1ccco1. The zero-order valence-electron chi connectivity index (χ0n) is 10.1. The lowest BCUT2D eigenvalue weighted by atomic mass is 10.2. The van der Waals surface area contributed by atoms with Gasteiger partial charge >= 0.3 is 0 Å². The van der Waals surface area contributed by atoms with Crippen molar-refractivity contribution in [2.24, 2.45) is 5.10 Å². The van der Waals surface area contributed by atoms with Gasteiger partial charge in [0.05, 0.1) is 6.26 Å². The molecule has 19 heavy (non-hydrogen) atoms. The fraction of sp³-hybridized carbons (Fsp3) is 0.0769. The van der Waals surface area contributed by atoms with Gasteiger partial charge in [0.2, 0.25) is 0 Å². The number of rotatable bonds is 3. The van der Waals surface area contributed by atoms with Crippen LogP contribution in [0.15, 0.2) is 46.1 Å². The molecule has 1 heterocycles. The summed E-state index contributed by atoms with van der Waals surface area (Å²) in [5.74, 6) is -0.398. The first-order valence-corrected chi connectivity index (χ1v) is 5.48. The molecule has 0 saturated carbocycles. The van der Waals surface area contributed by atoms with Crippen LogP contribution in [0.5, 0.6) is 11.5 Å². The summed E-state index contributed by atoms with van der Waals surface area (Å²) in [4.78, 5) is 11.8. The average molecular weight is 260 g/mol. The van der Waals surface area contributed by atoms with Crippen LogP contribution in [0.1, 0.15) is 23.0 Å². The molecule has 1 amide bonds. The normalized spacial score (nSPS) is 11.3. The summed E-state index contributed by atoms with van der Waals surface area (Å²) in [6, 6.07) is 7.02. The summed E-state index contributed by atoms with van der Waals surface area (Å²) in [6.07, 6.45) is 1.50. The van der Waals surface area contributed by atoms with Crippen molar-refractivity contribution in [3.05, 3.63) is 47.9 Å². The predicted octanol–water partition coefficient (Wildman–Crippen LogP) is 1.84. The number of phenolic OH excluding ortho intramolecular Hbond substituents is 2. The van der Waals surface area contributed by atoms with Gasteiger partial charge in [-0.25, -0.2) is 5.43 Å². The van der Waals surface area contributed by atoms with Crippen molar-refractivity contribution in [3.8, 4) is 11.5 Å². The maximum atomic E-state index is 11.8. The van der Waals surface area contributed by atoms with E-state index in [1.807, 2.05) is 0 Å². The number of carbonyl (C=O) groups excluding carboxylic acids is 1. The van der Waals surface area contributed by atoms with Crippen molar-refractivity contribution in [1.82, 2.24) is 5.43 Å². The first kappa shape index (κ1) is 12.7. The number of hydrogen-bond acceptors (Lipinski definition) is 5. The first-order chi connectivity index (χ1) is 9.06. The summed E-state index contributed by atoms with van der Waals surface area (Å²) < 4.78 is 5.11. The number of aromatic hydroxyl groups is 2. The van der Waals surface area contributed by atoms with Crippen LogP contribution >= 0.6 is 0 Å². The highest BCUT2D eigenvalue weighted by Gasteiger charge is 2.08. The smallest absolute Gasteiger partial charge is 0.271 e. The van der Waals surface area contributed by atoms with Crippen LogP contribution in [-0.2, 0) is 0 Å². The number of carbonyl (C=O) groups is 1. The van der Waals surface area contributed by atoms with Crippen LogP contribution in [0.25, 0.3) is 0 Å². The van der Waals surface area contributed by atoms with Crippen molar-refractivity contribution in [2.45, 2.75) is 6.92 Å². The number of phenols is 2. The van der Waals surface area contributed by atoms with Crippen LogP contribution in [0.2, 0.25) is 0 Å². The van der Waals surface area contributed by atoms with Crippen molar-refractivity contribution in [3.63, 3.8) is 0 Å². The quantitative estimate of drug-likeness (QED) is 0.579. The van der Waals surface area contributed by atoms with Gasteiger partial charge < -0.3 is 14.6 Å². The fourth-order valence-corrected chi connectivity index (χ4v) is 1.46. The zero-order valence-corrected chi connectivity index (χ0v) is 10.1. The van der Waals surface area contributed by atoms with E-state index in [4.69, 9.17) is 4.42 Å². The standard InChI is InChI=1S/C13H12N2O4/c1-8(12-3-2-4-19-12)14-15-13(18)9-5-10(16)7-11(17)6-9/h2-7,16-17H,1H3,(H,15,18). The van der Waals surface area contributed by atoms with E-state index >= 15 is 0 Å². The Kier molecular flexibility index (Phi) is 3.51. The Balaban J connectivity index is 2.11. The minimum absolute atomic E-state index is 0.105. The third-order valence-electron chi connectivity index (χ3n) is 2.37. The average Bonchev–Trinajstić information content (AvgIpc) is 2.88. The lowest BCUT2D eigenvalue weighted by Gasteiger charge is -2.03. The van der Waals surface area contributed by atoms with E-state index in [0.717, 1.165) is 6.07 Å². The molecule has 0 fully saturated rings. The molecule has 2 aromatic rings. The Hall–Kier alpha value is -2.76. The van der Waals surface area contributed by atoms with Crippen LogP contribution < -0.4 is 5.43 Å². The van der Waals surface area contributed by atoms with E-state index in [9.17, 15) is 15.0 Å². The molecule has 0 aliphatic heterocycles. The molecule has 0 spiro atoms. The van der Waals surface area contributed by atoms with E-state index in [-0.39, 0.29) is 17.1 Å². The Morgan fingerprint density at radius 2 is 1.95 bits per heavy atom. The molecule has 1 aromatic heterocycles. The number of hydrazone groups is 1. The number of benzene rings is 1. The van der Waals surface area contributed by atoms with Gasteiger partial charge in [-0.3, -0.25) is 4.79 Å². The molecule has 3 N–H and O–H groups in total. The van der Waals surface area contributed by atoms with E-state index in [1.54, 1.807) is 19.1 Å². The van der Waals surface area contributed by atoms with Crippen molar-refractivity contribution < 1.29 is 19.4 Å². The Labute approximate surface area is 109 Å². The molecule has 0 unspecified atom stereocenters. The van der Waals surface area contributed by atoms with Crippen LogP contribution in [0.3, 0.4) is 0 Å². The number of furan rings is 1. The summed E-state index contributed by atoms with van der Waals surface area (Å²) in [5.41, 5.74) is 2.92. The van der Waals surface area contributed by atoms with Crippen LogP contribution in [0.4, 0.5) is 0 Å². The van der Waals surface area contributed by atoms with Gasteiger partial charge in [0.1, 0.15) is 23.0 Å². The highest BCUT2D eigenvalue weighted by atomic mass is 16.3. The van der Waals surface area contributed by atoms with E-state index in [2.05, 4.69) is 10.5 Å². The van der Waals surface area contributed by atoms with Gasteiger partial charge in [0.25, 0.3) is 5.91 Å². The minimum Gasteiger partial charge on any atom is -0.508 e. The molecule has 6 heteroatoms. The second-order valence-electron chi connectivity index (χ2n) is 3.85. The number of hydrogen-bond donors (Lipinski definition) is 3. The van der Waals surface area contributed by atoms with E-state index in [0.29, 0.717) is 11.5 Å². The minimum atomic E-state index is -0.544. The molecule has 0 saturated heterocycles. The van der Waals surface area contributed by atoms with Gasteiger partial charge in [0, 0.05) is 11.6 Å². The summed E-state index contributed by atoms with van der Waals surface area (Å²) in [5, 5.41) is 22.4. The number of amides is 1. The predicted molar refractivity (Wildman–Crippen MR) is 68.2 cm³/mol. The summed E-state index contributed by atoms with van der Waals surface area (Å²) in [7, 11) is 0. The van der Waals surface area contributed by atoms with E-state index < -0.39 is 5.91 Å². The highest BCUT2D eigenvalue weighted by molar-refractivity contribution is 5.99. The molecule has 6 nitrogen and oxygen atoms in total. The Morgan fingerprint density at radius 1 is 1.26 bits per heavy atom. The van der Waals surface area contributed by atoms with Gasteiger partial charge in [-0.2, -0.15) is 5.10 Å². The first-order valence-electron chi connectivity index (χ1n) is 5.48. The molecular formula is C13H12N2O4. The highest BCUT2D eigenvalue weighted by Crippen LogP contribution is 2.20. The summed E-state index contributed by atoms with van der Waals surface area (Å²) in [6.45, 7) is 1.68. The maximum Gasteiger partial charge on any atom is 0.271 e. The molecular weight excluding hydrogens is 248 g/mol. The van der Waals surface area contributed by atoms with Gasteiger partial charge in [-0.15, -0.1) is 0 Å². The lowest BCUT2D eigenvalue weighted by molar-refractivity contribution is 0.0954. The van der Waals surface area contributed by atoms with Gasteiger partial charge in [-0.1, -0.05) is 0 Å². The molecule has 0 aliphatic carbocycles. The zero-order chi connectivity index (χ0) is 13.8. The molecule has 0 bridgehead atoms. The topological polar surface area (TPSA) is 95.1 Å². The fourth-order valence-electron chi connectivity index (χ4n) is 1.46. The summed E-state index contributed by atoms with van der Waals surface area (Å²) >= 11 is 0. The largest absolute Gasteiger partial charge is 0.508 e. The molecule has 2 rings (SSSR count). The molecule has 0 atom stereocenters. The second kappa shape index (κ2) is 5.26. The molecule has 1 aromatic carbocycles. The molecule has 0 aliphatic rings. The van der Waals surface area contributed by atoms with Crippen molar-refractivity contribution in [2.75, 3.05) is 0 Å². The monoisotopic (exact) mass is 260 g/mol.